The number of carbonyl (C=O) groups is 1. The summed E-state index contributed by atoms with van der Waals surface area (Å²) in [5, 5.41) is 18.6. The summed E-state index contributed by atoms with van der Waals surface area (Å²) in [5.74, 6) is 0.877. The molecule has 34 heavy (non-hydrogen) atoms. The first-order chi connectivity index (χ1) is 16.7. The first-order valence-electron chi connectivity index (χ1n) is 11.1. The lowest BCUT2D eigenvalue weighted by atomic mass is 9.89. The first-order valence-corrected chi connectivity index (χ1v) is 11.1. The zero-order valence-corrected chi connectivity index (χ0v) is 18.7. The Morgan fingerprint density at radius 1 is 0.559 bits per heavy atom. The van der Waals surface area contributed by atoms with Crippen LogP contribution in [-0.4, -0.2) is 42.4 Å². The van der Waals surface area contributed by atoms with Crippen LogP contribution in [0.4, 0.5) is 0 Å². The van der Waals surface area contributed by atoms with Gasteiger partial charge in [-0.1, -0.05) is 84.9 Å². The van der Waals surface area contributed by atoms with Crippen LogP contribution >= 0.6 is 0 Å². The lowest BCUT2D eigenvalue weighted by Gasteiger charge is -2.18. The van der Waals surface area contributed by atoms with Gasteiger partial charge in [0.1, 0.15) is 24.7 Å². The van der Waals surface area contributed by atoms with Crippen LogP contribution < -0.4 is 9.47 Å². The molecule has 0 saturated heterocycles. The Labute approximate surface area is 198 Å². The molecule has 0 aliphatic carbocycles. The third-order valence-electron chi connectivity index (χ3n) is 5.36. The first kappa shape index (κ1) is 23.2. The molecule has 0 heterocycles. The van der Waals surface area contributed by atoms with Gasteiger partial charge in [-0.15, -0.1) is 0 Å². The van der Waals surface area contributed by atoms with E-state index in [0.717, 1.165) is 11.1 Å². The van der Waals surface area contributed by atoms with Gasteiger partial charge in [-0.3, -0.25) is 4.79 Å². The molecule has 172 valence electrons. The number of benzene rings is 4. The normalized spacial score (nSPS) is 10.6. The number of ketones is 1. The van der Waals surface area contributed by atoms with Crippen molar-refractivity contribution in [3.8, 4) is 33.8 Å². The van der Waals surface area contributed by atoms with Crippen LogP contribution in [0.15, 0.2) is 97.1 Å². The van der Waals surface area contributed by atoms with Crippen LogP contribution in [0.25, 0.3) is 22.3 Å². The highest BCUT2D eigenvalue weighted by atomic mass is 16.5. The average molecular weight is 455 g/mol. The Kier molecular flexibility index (Phi) is 7.71. The van der Waals surface area contributed by atoms with Gasteiger partial charge in [0.2, 0.25) is 0 Å². The lowest BCUT2D eigenvalue weighted by molar-refractivity contribution is 0.103. The maximum Gasteiger partial charge on any atom is 0.194 e. The van der Waals surface area contributed by atoms with E-state index < -0.39 is 0 Å². The number of ether oxygens (including phenoxy) is 2. The monoisotopic (exact) mass is 454 g/mol. The summed E-state index contributed by atoms with van der Waals surface area (Å²) in [4.78, 5) is 14.1. The van der Waals surface area contributed by atoms with Gasteiger partial charge in [-0.25, -0.2) is 0 Å². The zero-order valence-electron chi connectivity index (χ0n) is 18.7. The molecule has 0 fully saturated rings. The minimum atomic E-state index is -0.179. The number of aliphatic hydroxyl groups is 2. The van der Waals surface area contributed by atoms with Crippen molar-refractivity contribution in [1.29, 1.82) is 0 Å². The largest absolute Gasteiger partial charge is 0.491 e. The standard InChI is InChI=1S/C29H26O5/c30-17-19-33-25-15-7-13-23(27(25)21-9-3-1-4-10-21)29(32)24-14-8-16-26(34-20-18-31)28(24)22-11-5-2-6-12-22/h1-16,30-31H,17-20H2. The fourth-order valence-electron chi connectivity index (χ4n) is 3.94. The van der Waals surface area contributed by atoms with Gasteiger partial charge in [0.05, 0.1) is 13.2 Å². The van der Waals surface area contributed by atoms with Gasteiger partial charge < -0.3 is 19.7 Å². The maximum absolute atomic E-state index is 14.1. The molecular weight excluding hydrogens is 428 g/mol. The van der Waals surface area contributed by atoms with Crippen molar-refractivity contribution in [3.63, 3.8) is 0 Å². The second-order valence-electron chi connectivity index (χ2n) is 7.56. The predicted molar refractivity (Wildman–Crippen MR) is 132 cm³/mol. The van der Waals surface area contributed by atoms with Crippen LogP contribution in [0, 0.1) is 0 Å². The average Bonchev–Trinajstić information content (AvgIpc) is 2.90. The second-order valence-corrected chi connectivity index (χ2v) is 7.56. The summed E-state index contributed by atoms with van der Waals surface area (Å²) in [6.07, 6.45) is 0. The van der Waals surface area contributed by atoms with Crippen LogP contribution in [0.3, 0.4) is 0 Å². The molecule has 0 unspecified atom stereocenters. The van der Waals surface area contributed by atoms with Crippen LogP contribution in [0.5, 0.6) is 11.5 Å². The van der Waals surface area contributed by atoms with E-state index in [1.807, 2.05) is 60.7 Å². The SMILES string of the molecule is O=C(c1cccc(OCCO)c1-c1ccccc1)c1cccc(OCCO)c1-c1ccccc1. The Morgan fingerprint density at radius 2 is 0.971 bits per heavy atom. The third-order valence-corrected chi connectivity index (χ3v) is 5.36. The van der Waals surface area contributed by atoms with Gasteiger partial charge in [0.25, 0.3) is 0 Å². The number of carbonyl (C=O) groups excluding carboxylic acids is 1. The number of aliphatic hydroxyl groups excluding tert-OH is 2. The molecule has 0 spiro atoms. The molecule has 0 atom stereocenters. The zero-order chi connectivity index (χ0) is 23.8. The van der Waals surface area contributed by atoms with E-state index in [9.17, 15) is 15.0 Å². The third kappa shape index (κ3) is 5.01. The molecule has 5 heteroatoms. The Morgan fingerprint density at radius 3 is 1.35 bits per heavy atom. The summed E-state index contributed by atoms with van der Waals surface area (Å²) in [6.45, 7) is -0.0158. The molecule has 0 bridgehead atoms. The fraction of sp³-hybridized carbons (Fsp3) is 0.138. The number of rotatable bonds is 10. The number of hydrogen-bond donors (Lipinski definition) is 2. The molecular formula is C29H26O5. The van der Waals surface area contributed by atoms with Crippen molar-refractivity contribution < 1.29 is 24.5 Å². The smallest absolute Gasteiger partial charge is 0.194 e. The molecule has 4 rings (SSSR count). The quantitative estimate of drug-likeness (QED) is 0.330. The summed E-state index contributed by atoms with van der Waals surface area (Å²) < 4.78 is 11.6. The molecule has 0 aliphatic heterocycles. The van der Waals surface area contributed by atoms with Crippen molar-refractivity contribution in [2.75, 3.05) is 26.4 Å². The molecule has 0 saturated carbocycles. The van der Waals surface area contributed by atoms with E-state index in [-0.39, 0.29) is 32.2 Å². The molecule has 4 aromatic carbocycles. The summed E-state index contributed by atoms with van der Waals surface area (Å²) in [7, 11) is 0. The second kappa shape index (κ2) is 11.3. The van der Waals surface area contributed by atoms with Crippen LogP contribution in [-0.2, 0) is 0 Å². The van der Waals surface area contributed by atoms with Crippen LogP contribution in [0.2, 0.25) is 0 Å². The van der Waals surface area contributed by atoms with Crippen molar-refractivity contribution >= 4 is 5.78 Å². The van der Waals surface area contributed by atoms with Crippen molar-refractivity contribution in [2.45, 2.75) is 0 Å². The summed E-state index contributed by atoms with van der Waals surface area (Å²) in [5.41, 5.74) is 3.99. The van der Waals surface area contributed by atoms with E-state index in [2.05, 4.69) is 0 Å². The lowest BCUT2D eigenvalue weighted by Crippen LogP contribution is -2.10. The van der Waals surface area contributed by atoms with E-state index in [1.165, 1.54) is 0 Å². The van der Waals surface area contributed by atoms with Gasteiger partial charge in [0, 0.05) is 22.3 Å². The van der Waals surface area contributed by atoms with Crippen molar-refractivity contribution in [3.05, 3.63) is 108 Å². The molecule has 0 aromatic heterocycles. The Hall–Kier alpha value is -3.93. The molecule has 4 aromatic rings. The van der Waals surface area contributed by atoms with Crippen molar-refractivity contribution in [1.82, 2.24) is 0 Å². The van der Waals surface area contributed by atoms with E-state index in [0.29, 0.717) is 33.8 Å². The molecule has 2 N–H and O–H groups in total. The van der Waals surface area contributed by atoms with E-state index in [4.69, 9.17) is 9.47 Å². The molecule has 5 nitrogen and oxygen atoms in total. The molecule has 0 radical (unpaired) electrons. The Balaban J connectivity index is 1.90. The summed E-state index contributed by atoms with van der Waals surface area (Å²) in [6, 6.07) is 29.9. The highest BCUT2D eigenvalue weighted by Gasteiger charge is 2.23. The van der Waals surface area contributed by atoms with Gasteiger partial charge >= 0.3 is 0 Å². The highest BCUT2D eigenvalue weighted by Crippen LogP contribution is 2.39. The fourth-order valence-corrected chi connectivity index (χ4v) is 3.94. The minimum absolute atomic E-state index is 0.122. The van der Waals surface area contributed by atoms with Gasteiger partial charge in [-0.05, 0) is 23.3 Å². The van der Waals surface area contributed by atoms with Crippen molar-refractivity contribution in [2.24, 2.45) is 0 Å². The maximum atomic E-state index is 14.1. The predicted octanol–water partition coefficient (Wildman–Crippen LogP) is 4.99. The van der Waals surface area contributed by atoms with Gasteiger partial charge in [0.15, 0.2) is 5.78 Å². The molecule has 0 aliphatic rings. The van der Waals surface area contributed by atoms with E-state index in [1.54, 1.807) is 36.4 Å². The minimum Gasteiger partial charge on any atom is -0.491 e. The number of hydrogen-bond acceptors (Lipinski definition) is 5. The summed E-state index contributed by atoms with van der Waals surface area (Å²) >= 11 is 0. The van der Waals surface area contributed by atoms with Gasteiger partial charge in [-0.2, -0.15) is 0 Å². The van der Waals surface area contributed by atoms with Crippen LogP contribution in [0.1, 0.15) is 15.9 Å². The van der Waals surface area contributed by atoms with E-state index >= 15 is 0 Å². The Bertz CT molecular complexity index is 1140. The highest BCUT2D eigenvalue weighted by molar-refractivity contribution is 6.17. The topological polar surface area (TPSA) is 76.0 Å². The molecule has 0 amide bonds.